The van der Waals surface area contributed by atoms with E-state index in [-0.39, 0.29) is 6.04 Å². The predicted octanol–water partition coefficient (Wildman–Crippen LogP) is 3.78. The van der Waals surface area contributed by atoms with Crippen LogP contribution in [-0.4, -0.2) is 14.5 Å². The molecule has 0 bridgehead atoms. The highest BCUT2D eigenvalue weighted by Gasteiger charge is 2.35. The highest BCUT2D eigenvalue weighted by molar-refractivity contribution is 7.92. The number of hydrogen-bond acceptors (Lipinski definition) is 2. The third-order valence-corrected chi connectivity index (χ3v) is 6.11. The Hall–Kier alpha value is -1.81. The molecule has 0 radical (unpaired) electrons. The minimum absolute atomic E-state index is 0.0438. The fourth-order valence-electron chi connectivity index (χ4n) is 3.13. The molecule has 3 nitrogen and oxygen atoms in total. The average Bonchev–Trinajstić information content (AvgIpc) is 2.84. The summed E-state index contributed by atoms with van der Waals surface area (Å²) in [4.78, 5) is 0.371. The summed E-state index contributed by atoms with van der Waals surface area (Å²) in [5.74, 6) is 0. The van der Waals surface area contributed by atoms with Crippen LogP contribution in [0, 0.1) is 0 Å². The first kappa shape index (κ1) is 15.1. The summed E-state index contributed by atoms with van der Waals surface area (Å²) in [7, 11) is -3.50. The summed E-state index contributed by atoms with van der Waals surface area (Å²) in [6.45, 7) is 4.08. The number of rotatable bonds is 4. The molecule has 0 N–H and O–H groups in total. The smallest absolute Gasteiger partial charge is 0.263 e. The minimum atomic E-state index is -3.50. The molecule has 0 saturated carbocycles. The number of para-hydroxylation sites is 1. The topological polar surface area (TPSA) is 37.4 Å². The Balaban J connectivity index is 1.99. The molecule has 4 heteroatoms. The molecular weight excluding hydrogens is 294 g/mol. The van der Waals surface area contributed by atoms with Crippen LogP contribution < -0.4 is 4.31 Å². The lowest BCUT2D eigenvalue weighted by Gasteiger charge is -2.24. The fraction of sp³-hybridized carbons (Fsp3) is 0.333. The third-order valence-electron chi connectivity index (χ3n) is 4.16. The van der Waals surface area contributed by atoms with Gasteiger partial charge >= 0.3 is 0 Å². The monoisotopic (exact) mass is 315 g/mol. The molecule has 1 unspecified atom stereocenters. The number of nitrogens with zero attached hydrogens (tertiary/aromatic N) is 1. The molecule has 1 aliphatic heterocycles. The molecule has 1 aliphatic rings. The van der Waals surface area contributed by atoms with E-state index in [0.717, 1.165) is 30.5 Å². The van der Waals surface area contributed by atoms with Gasteiger partial charge in [0.05, 0.1) is 10.6 Å². The minimum Gasteiger partial charge on any atom is -0.263 e. The maximum Gasteiger partial charge on any atom is 0.264 e. The number of hydrogen-bond donors (Lipinski definition) is 0. The molecule has 0 aliphatic carbocycles. The van der Waals surface area contributed by atoms with Gasteiger partial charge in [-0.15, -0.1) is 0 Å². The van der Waals surface area contributed by atoms with E-state index >= 15 is 0 Å². The molecule has 0 amide bonds. The van der Waals surface area contributed by atoms with Gasteiger partial charge in [-0.05, 0) is 49.1 Å². The second-order valence-electron chi connectivity index (χ2n) is 5.88. The fourth-order valence-corrected chi connectivity index (χ4v) is 4.83. The molecule has 1 atom stereocenters. The van der Waals surface area contributed by atoms with Crippen molar-refractivity contribution in [3.8, 4) is 0 Å². The van der Waals surface area contributed by atoms with E-state index in [1.54, 1.807) is 16.4 Å². The number of anilines is 1. The second kappa shape index (κ2) is 5.76. The molecule has 1 heterocycles. The van der Waals surface area contributed by atoms with E-state index in [1.807, 2.05) is 43.3 Å². The van der Waals surface area contributed by atoms with Gasteiger partial charge in [0.2, 0.25) is 0 Å². The van der Waals surface area contributed by atoms with Crippen molar-refractivity contribution < 1.29 is 8.42 Å². The van der Waals surface area contributed by atoms with Gasteiger partial charge in [-0.25, -0.2) is 8.42 Å². The summed E-state index contributed by atoms with van der Waals surface area (Å²) in [6.07, 6.45) is 2.80. The van der Waals surface area contributed by atoms with Crippen molar-refractivity contribution in [2.45, 2.75) is 44.0 Å². The van der Waals surface area contributed by atoms with Crippen LogP contribution in [0.15, 0.2) is 53.4 Å². The van der Waals surface area contributed by atoms with Gasteiger partial charge in [-0.3, -0.25) is 4.31 Å². The van der Waals surface area contributed by atoms with E-state index in [9.17, 15) is 8.42 Å². The Labute approximate surface area is 132 Å². The van der Waals surface area contributed by atoms with Crippen LogP contribution in [0.25, 0.3) is 0 Å². The lowest BCUT2D eigenvalue weighted by atomic mass is 10.1. The predicted molar refractivity (Wildman–Crippen MR) is 89.7 cm³/mol. The highest BCUT2D eigenvalue weighted by Crippen LogP contribution is 2.36. The Morgan fingerprint density at radius 2 is 1.77 bits per heavy atom. The lowest BCUT2D eigenvalue weighted by Crippen LogP contribution is -2.35. The summed E-state index contributed by atoms with van der Waals surface area (Å²) >= 11 is 0. The number of aryl methyl sites for hydroxylation is 1. The van der Waals surface area contributed by atoms with Gasteiger partial charge in [-0.2, -0.15) is 0 Å². The van der Waals surface area contributed by atoms with Crippen LogP contribution in [-0.2, 0) is 22.9 Å². The Bertz CT molecular complexity index is 766. The van der Waals surface area contributed by atoms with E-state index in [2.05, 4.69) is 6.92 Å². The molecule has 116 valence electrons. The standard InChI is InChI=1S/C18H21NO2S/c1-3-6-15-9-11-17(12-10-15)22(20,21)19-14(2)13-16-7-4-5-8-18(16)19/h4-5,7-12,14H,3,6,13H2,1-2H3. The summed E-state index contributed by atoms with van der Waals surface area (Å²) in [5, 5.41) is 0. The third kappa shape index (κ3) is 2.52. The van der Waals surface area contributed by atoms with Gasteiger partial charge in [0, 0.05) is 6.04 Å². The molecule has 0 saturated heterocycles. The van der Waals surface area contributed by atoms with Gasteiger partial charge in [-0.1, -0.05) is 43.7 Å². The van der Waals surface area contributed by atoms with Gasteiger partial charge in [0.25, 0.3) is 10.0 Å². The Morgan fingerprint density at radius 3 is 2.45 bits per heavy atom. The van der Waals surface area contributed by atoms with Crippen molar-refractivity contribution in [3.63, 3.8) is 0 Å². The molecular formula is C18H21NO2S. The summed E-state index contributed by atoms with van der Waals surface area (Å²) < 4.78 is 27.6. The molecule has 0 aromatic heterocycles. The van der Waals surface area contributed by atoms with E-state index < -0.39 is 10.0 Å². The second-order valence-corrected chi connectivity index (χ2v) is 7.69. The largest absolute Gasteiger partial charge is 0.264 e. The van der Waals surface area contributed by atoms with Crippen molar-refractivity contribution >= 4 is 15.7 Å². The van der Waals surface area contributed by atoms with E-state index in [1.165, 1.54) is 5.56 Å². The summed E-state index contributed by atoms with van der Waals surface area (Å²) in [6, 6.07) is 15.0. The maximum absolute atomic E-state index is 13.0. The zero-order valence-electron chi connectivity index (χ0n) is 13.0. The van der Waals surface area contributed by atoms with Crippen LogP contribution in [0.3, 0.4) is 0 Å². The molecule has 2 aromatic rings. The highest BCUT2D eigenvalue weighted by atomic mass is 32.2. The SMILES string of the molecule is CCCc1ccc(S(=O)(=O)N2c3ccccc3CC2C)cc1. The molecule has 0 spiro atoms. The molecule has 3 rings (SSSR count). The first-order valence-electron chi connectivity index (χ1n) is 7.75. The number of fused-ring (bicyclic) bond motifs is 1. The van der Waals surface area contributed by atoms with Crippen molar-refractivity contribution in [3.05, 3.63) is 59.7 Å². The molecule has 2 aromatic carbocycles. The number of benzene rings is 2. The van der Waals surface area contributed by atoms with Crippen molar-refractivity contribution in [2.24, 2.45) is 0 Å². The first-order chi connectivity index (χ1) is 10.5. The quantitative estimate of drug-likeness (QED) is 0.861. The normalized spacial score (nSPS) is 17.5. The Kier molecular flexibility index (Phi) is 3.96. The van der Waals surface area contributed by atoms with Crippen molar-refractivity contribution in [1.82, 2.24) is 0 Å². The first-order valence-corrected chi connectivity index (χ1v) is 9.19. The van der Waals surface area contributed by atoms with E-state index in [4.69, 9.17) is 0 Å². The van der Waals surface area contributed by atoms with Gasteiger partial charge < -0.3 is 0 Å². The zero-order chi connectivity index (χ0) is 15.7. The van der Waals surface area contributed by atoms with Crippen LogP contribution in [0.2, 0.25) is 0 Å². The summed E-state index contributed by atoms with van der Waals surface area (Å²) in [5.41, 5.74) is 3.09. The average molecular weight is 315 g/mol. The lowest BCUT2D eigenvalue weighted by molar-refractivity contribution is 0.584. The van der Waals surface area contributed by atoms with E-state index in [0.29, 0.717) is 4.90 Å². The van der Waals surface area contributed by atoms with Crippen LogP contribution >= 0.6 is 0 Å². The van der Waals surface area contributed by atoms with Crippen molar-refractivity contribution in [2.75, 3.05) is 4.31 Å². The number of sulfonamides is 1. The van der Waals surface area contributed by atoms with Crippen molar-refractivity contribution in [1.29, 1.82) is 0 Å². The van der Waals surface area contributed by atoms with Crippen LogP contribution in [0.1, 0.15) is 31.4 Å². The van der Waals surface area contributed by atoms with Gasteiger partial charge in [0.1, 0.15) is 0 Å². The van der Waals surface area contributed by atoms with Crippen LogP contribution in [0.4, 0.5) is 5.69 Å². The molecule has 0 fully saturated rings. The molecule has 22 heavy (non-hydrogen) atoms. The maximum atomic E-state index is 13.0. The van der Waals surface area contributed by atoms with Gasteiger partial charge in [0.15, 0.2) is 0 Å². The zero-order valence-corrected chi connectivity index (χ0v) is 13.8. The van der Waals surface area contributed by atoms with Crippen LogP contribution in [0.5, 0.6) is 0 Å². The Morgan fingerprint density at radius 1 is 1.09 bits per heavy atom.